The van der Waals surface area contributed by atoms with Crippen LogP contribution in [-0.4, -0.2) is 63.9 Å². The molecule has 1 aliphatic heterocycles. The summed E-state index contributed by atoms with van der Waals surface area (Å²) in [7, 11) is 3.87. The molecule has 5 rings (SSSR count). The minimum atomic E-state index is 0.0784. The molecule has 9 nitrogen and oxygen atoms in total. The number of fused-ring (bicyclic) bond motifs is 1. The first-order chi connectivity index (χ1) is 18.9. The molecule has 3 heterocycles. The zero-order chi connectivity index (χ0) is 27.4. The molecule has 1 saturated heterocycles. The van der Waals surface area contributed by atoms with Crippen molar-refractivity contribution in [3.63, 3.8) is 0 Å². The number of carbonyl (C=O) groups is 1. The lowest BCUT2D eigenvalue weighted by atomic mass is 10.0. The van der Waals surface area contributed by atoms with Gasteiger partial charge in [-0.25, -0.2) is 9.97 Å². The number of nitrogens with two attached hydrogens (primary N) is 1. The lowest BCUT2D eigenvalue weighted by molar-refractivity contribution is -0.119. The fourth-order valence-corrected chi connectivity index (χ4v) is 5.11. The molecule has 0 atom stereocenters. The van der Waals surface area contributed by atoms with Gasteiger partial charge in [-0.1, -0.05) is 30.3 Å². The van der Waals surface area contributed by atoms with Crippen molar-refractivity contribution in [1.29, 1.82) is 5.41 Å². The fourth-order valence-electron chi connectivity index (χ4n) is 5.11. The number of amides is 1. The van der Waals surface area contributed by atoms with E-state index in [0.717, 1.165) is 72.7 Å². The van der Waals surface area contributed by atoms with Gasteiger partial charge in [-0.3, -0.25) is 15.1 Å². The van der Waals surface area contributed by atoms with E-state index in [2.05, 4.69) is 19.8 Å². The molecule has 1 amide bonds. The first-order valence-electron chi connectivity index (χ1n) is 13.4. The van der Waals surface area contributed by atoms with Crippen LogP contribution in [0.1, 0.15) is 29.8 Å². The molecule has 0 aliphatic carbocycles. The van der Waals surface area contributed by atoms with Crippen LogP contribution in [0.25, 0.3) is 11.0 Å². The summed E-state index contributed by atoms with van der Waals surface area (Å²) in [6.45, 7) is 2.16. The summed E-state index contributed by atoms with van der Waals surface area (Å²) < 4.78 is 2.12. The van der Waals surface area contributed by atoms with E-state index in [9.17, 15) is 4.79 Å². The third kappa shape index (κ3) is 6.26. The number of aromatic nitrogens is 3. The number of likely N-dealkylation sites (N-methyl/N-ethyl adjacent to an activating group) is 1. The number of carbonyl (C=O) groups excluding carboxylic acids is 1. The maximum absolute atomic E-state index is 13.1. The van der Waals surface area contributed by atoms with E-state index in [1.807, 2.05) is 74.8 Å². The van der Waals surface area contributed by atoms with Crippen molar-refractivity contribution >= 4 is 34.3 Å². The van der Waals surface area contributed by atoms with Crippen molar-refractivity contribution in [1.82, 2.24) is 19.4 Å². The van der Waals surface area contributed by atoms with E-state index in [4.69, 9.17) is 16.1 Å². The first kappa shape index (κ1) is 26.4. The maximum atomic E-state index is 13.1. The van der Waals surface area contributed by atoms with Gasteiger partial charge in [0.25, 0.3) is 0 Å². The summed E-state index contributed by atoms with van der Waals surface area (Å²) in [5.74, 6) is 2.06. The topological polar surface area (TPSA) is 116 Å². The van der Waals surface area contributed by atoms with Crippen LogP contribution in [0, 0.1) is 5.41 Å². The average molecular weight is 525 g/mol. The van der Waals surface area contributed by atoms with Crippen molar-refractivity contribution in [2.24, 2.45) is 12.8 Å². The van der Waals surface area contributed by atoms with E-state index < -0.39 is 0 Å². The van der Waals surface area contributed by atoms with E-state index >= 15 is 0 Å². The molecule has 2 aromatic heterocycles. The van der Waals surface area contributed by atoms with Gasteiger partial charge in [0, 0.05) is 57.1 Å². The Kier molecular flexibility index (Phi) is 7.88. The Bertz CT molecular complexity index is 1440. The minimum absolute atomic E-state index is 0.0784. The van der Waals surface area contributed by atoms with Gasteiger partial charge in [0.2, 0.25) is 5.91 Å². The van der Waals surface area contributed by atoms with Crippen molar-refractivity contribution in [2.45, 2.75) is 31.7 Å². The third-order valence-electron chi connectivity index (χ3n) is 7.58. The molecule has 202 valence electrons. The molecule has 0 saturated carbocycles. The van der Waals surface area contributed by atoms with Gasteiger partial charge in [0.15, 0.2) is 0 Å². The maximum Gasteiger partial charge on any atom is 0.240 e. The molecule has 0 radical (unpaired) electrons. The highest BCUT2D eigenvalue weighted by atomic mass is 16.2. The summed E-state index contributed by atoms with van der Waals surface area (Å²) >= 11 is 0. The Morgan fingerprint density at radius 3 is 2.56 bits per heavy atom. The Morgan fingerprint density at radius 2 is 1.87 bits per heavy atom. The molecule has 0 bridgehead atoms. The fraction of sp³-hybridized carbons (Fsp3) is 0.333. The van der Waals surface area contributed by atoms with Gasteiger partial charge in [-0.05, 0) is 55.2 Å². The number of piperidine rings is 1. The van der Waals surface area contributed by atoms with Crippen LogP contribution in [0.4, 0.5) is 11.5 Å². The highest BCUT2D eigenvalue weighted by Crippen LogP contribution is 2.23. The van der Waals surface area contributed by atoms with Gasteiger partial charge in [-0.15, -0.1) is 0 Å². The predicted octanol–water partition coefficient (Wildman–Crippen LogP) is 3.58. The third-order valence-corrected chi connectivity index (χ3v) is 7.58. The summed E-state index contributed by atoms with van der Waals surface area (Å²) in [6.07, 6.45) is 5.40. The Hall–Kier alpha value is -4.24. The number of nitrogen functional groups attached to an aromatic ring is 1. The molecule has 0 spiro atoms. The highest BCUT2D eigenvalue weighted by molar-refractivity contribution is 5.96. The summed E-state index contributed by atoms with van der Waals surface area (Å²) in [6, 6.07) is 20.1. The Labute approximate surface area is 229 Å². The van der Waals surface area contributed by atoms with Gasteiger partial charge < -0.3 is 20.5 Å². The molecule has 1 fully saturated rings. The summed E-state index contributed by atoms with van der Waals surface area (Å²) in [5, 5.41) is 11.0. The SMILES string of the molecule is CN(C(=O)CN1CCC(Nc2ccccn2)CC1)c1ccc2c(c1)nc(CCc1ccc(C(=N)N)cc1)n2C. The predicted molar refractivity (Wildman–Crippen MR) is 156 cm³/mol. The number of hydrogen-bond acceptors (Lipinski definition) is 6. The number of amidine groups is 1. The summed E-state index contributed by atoms with van der Waals surface area (Å²) in [5.41, 5.74) is 10.2. The highest BCUT2D eigenvalue weighted by Gasteiger charge is 2.23. The number of nitrogens with one attached hydrogen (secondary N) is 2. The van der Waals surface area contributed by atoms with Crippen LogP contribution < -0.4 is 16.0 Å². The largest absolute Gasteiger partial charge is 0.384 e. The normalized spacial score (nSPS) is 14.4. The van der Waals surface area contributed by atoms with Gasteiger partial charge in [-0.2, -0.15) is 0 Å². The molecular weight excluding hydrogens is 488 g/mol. The number of likely N-dealkylation sites (tertiary alicyclic amines) is 1. The van der Waals surface area contributed by atoms with Crippen LogP contribution in [0.15, 0.2) is 66.9 Å². The number of aryl methyl sites for hydroxylation is 3. The monoisotopic (exact) mass is 524 g/mol. The number of nitrogens with zero attached hydrogens (tertiary/aromatic N) is 5. The number of hydrogen-bond donors (Lipinski definition) is 3. The van der Waals surface area contributed by atoms with Crippen LogP contribution in [-0.2, 0) is 24.7 Å². The molecule has 9 heteroatoms. The van der Waals surface area contributed by atoms with Gasteiger partial charge in [0.05, 0.1) is 17.6 Å². The molecule has 4 aromatic rings. The molecule has 1 aliphatic rings. The van der Waals surface area contributed by atoms with Crippen LogP contribution in [0.3, 0.4) is 0 Å². The number of rotatable bonds is 9. The van der Waals surface area contributed by atoms with Crippen LogP contribution in [0.5, 0.6) is 0 Å². The summed E-state index contributed by atoms with van der Waals surface area (Å²) in [4.78, 5) is 26.3. The van der Waals surface area contributed by atoms with Gasteiger partial charge >= 0.3 is 0 Å². The second kappa shape index (κ2) is 11.7. The number of imidazole rings is 1. The van der Waals surface area contributed by atoms with Crippen molar-refractivity contribution < 1.29 is 4.79 Å². The van der Waals surface area contributed by atoms with E-state index in [1.165, 1.54) is 5.56 Å². The molecule has 0 unspecified atom stereocenters. The lowest BCUT2D eigenvalue weighted by Gasteiger charge is -2.33. The van der Waals surface area contributed by atoms with Crippen molar-refractivity contribution in [2.75, 3.05) is 36.9 Å². The number of anilines is 2. The quantitative estimate of drug-likeness (QED) is 0.228. The van der Waals surface area contributed by atoms with Crippen molar-refractivity contribution in [3.8, 4) is 0 Å². The zero-order valence-electron chi connectivity index (χ0n) is 22.6. The first-order valence-corrected chi connectivity index (χ1v) is 13.4. The molecule has 39 heavy (non-hydrogen) atoms. The van der Waals surface area contributed by atoms with E-state index in [1.54, 1.807) is 11.1 Å². The molecular formula is C30H36N8O. The minimum Gasteiger partial charge on any atom is -0.384 e. The molecule has 4 N–H and O–H groups in total. The average Bonchev–Trinajstić information content (AvgIpc) is 3.27. The van der Waals surface area contributed by atoms with E-state index in [-0.39, 0.29) is 11.7 Å². The second-order valence-electron chi connectivity index (χ2n) is 10.2. The van der Waals surface area contributed by atoms with Gasteiger partial charge in [0.1, 0.15) is 17.5 Å². The Balaban J connectivity index is 1.17. The van der Waals surface area contributed by atoms with Crippen LogP contribution in [0.2, 0.25) is 0 Å². The zero-order valence-corrected chi connectivity index (χ0v) is 22.6. The van der Waals surface area contributed by atoms with E-state index in [0.29, 0.717) is 12.6 Å². The second-order valence-corrected chi connectivity index (χ2v) is 10.2. The molecule has 2 aromatic carbocycles. The smallest absolute Gasteiger partial charge is 0.240 e. The van der Waals surface area contributed by atoms with Crippen LogP contribution >= 0.6 is 0 Å². The number of benzene rings is 2. The van der Waals surface area contributed by atoms with Crippen molar-refractivity contribution in [3.05, 3.63) is 83.8 Å². The standard InChI is InChI=1S/C30H36N8O/c1-36(29(39)20-38-17-14-23(15-18-38)34-27-5-3-4-16-33-27)24-11-12-26-25(19-24)35-28(37(26)2)13-8-21-6-9-22(10-7-21)30(31)32/h3-7,9-12,16,19,23H,8,13-15,17-18,20H2,1-2H3,(H3,31,32)(H,33,34). The number of pyridine rings is 1. The Morgan fingerprint density at radius 1 is 1.10 bits per heavy atom. The lowest BCUT2D eigenvalue weighted by Crippen LogP contribution is -2.44.